The fourth-order valence-electron chi connectivity index (χ4n) is 4.81. The zero-order chi connectivity index (χ0) is 29.3. The molecule has 0 unspecified atom stereocenters. The number of hydrogen-bond donors (Lipinski definition) is 3. The average Bonchev–Trinajstić information content (AvgIpc) is 3.40. The quantitative estimate of drug-likeness (QED) is 0.253. The van der Waals surface area contributed by atoms with Crippen LogP contribution in [0.3, 0.4) is 0 Å². The Labute approximate surface area is 241 Å². The molecule has 3 N–H and O–H groups in total. The molecule has 0 saturated carbocycles. The molecule has 0 spiro atoms. The van der Waals surface area contributed by atoms with Gasteiger partial charge in [-0.05, 0) is 65.4 Å². The third-order valence-corrected chi connectivity index (χ3v) is 9.31. The Morgan fingerprint density at radius 3 is 2.41 bits per heavy atom. The number of nitrogens with zero attached hydrogens (tertiary/aromatic N) is 5. The minimum absolute atomic E-state index is 0.0359. The van der Waals surface area contributed by atoms with Crippen molar-refractivity contribution in [2.24, 2.45) is 0 Å². The van der Waals surface area contributed by atoms with Gasteiger partial charge < -0.3 is 30.2 Å². The standard InChI is InChI=1S/C29H38N8O3S/c1-18(2)40-24-16-23(37-13-11-36(6)12-14-37)20(5)15-22(24)33-29-34-27-26(30-17-31-27)28(35-29)32-21-9-7-8-10-25(21)41(38,39)19(3)4/h7-10,15-19H,11-14H2,1-6H3,(H3,30,31,32,33,34,35). The average molecular weight is 579 g/mol. The third-order valence-electron chi connectivity index (χ3n) is 7.10. The van der Waals surface area contributed by atoms with Gasteiger partial charge in [0.2, 0.25) is 5.95 Å². The number of aryl methyl sites for hydroxylation is 1. The second-order valence-corrected chi connectivity index (χ2v) is 13.4. The number of imidazole rings is 1. The van der Waals surface area contributed by atoms with E-state index in [9.17, 15) is 8.42 Å². The van der Waals surface area contributed by atoms with Gasteiger partial charge in [-0.3, -0.25) is 0 Å². The molecular formula is C29H38N8O3S. The molecule has 1 aliphatic rings. The second-order valence-electron chi connectivity index (χ2n) is 10.9. The molecule has 1 aliphatic heterocycles. The van der Waals surface area contributed by atoms with E-state index in [2.05, 4.69) is 61.5 Å². The van der Waals surface area contributed by atoms with Crippen LogP contribution in [0.1, 0.15) is 33.3 Å². The van der Waals surface area contributed by atoms with Crippen molar-refractivity contribution in [3.05, 3.63) is 48.3 Å². The molecule has 1 fully saturated rings. The van der Waals surface area contributed by atoms with Crippen molar-refractivity contribution in [3.8, 4) is 5.75 Å². The van der Waals surface area contributed by atoms with Crippen molar-refractivity contribution in [3.63, 3.8) is 0 Å². The fourth-order valence-corrected chi connectivity index (χ4v) is 6.01. The molecule has 11 nitrogen and oxygen atoms in total. The zero-order valence-corrected chi connectivity index (χ0v) is 25.2. The number of sulfone groups is 1. The highest BCUT2D eigenvalue weighted by Crippen LogP contribution is 2.37. The number of hydrogen-bond acceptors (Lipinski definition) is 10. The Kier molecular flexibility index (Phi) is 8.05. The number of ether oxygens (including phenoxy) is 1. The molecule has 0 aliphatic carbocycles. The van der Waals surface area contributed by atoms with Crippen LogP contribution in [0.2, 0.25) is 0 Å². The summed E-state index contributed by atoms with van der Waals surface area (Å²) in [6.45, 7) is 13.3. The summed E-state index contributed by atoms with van der Waals surface area (Å²) < 4.78 is 32.3. The van der Waals surface area contributed by atoms with E-state index in [0.29, 0.717) is 34.4 Å². The molecule has 3 heterocycles. The van der Waals surface area contributed by atoms with E-state index in [-0.39, 0.29) is 11.0 Å². The number of likely N-dealkylation sites (N-methyl/N-ethyl adjacent to an activating group) is 1. The highest BCUT2D eigenvalue weighted by Gasteiger charge is 2.24. The number of nitrogens with one attached hydrogen (secondary N) is 3. The molecule has 12 heteroatoms. The highest BCUT2D eigenvalue weighted by atomic mass is 32.2. The van der Waals surface area contributed by atoms with Crippen molar-refractivity contribution in [2.45, 2.75) is 50.9 Å². The zero-order valence-electron chi connectivity index (χ0n) is 24.4. The number of aromatic amines is 1. The van der Waals surface area contributed by atoms with Crippen LogP contribution in [0, 0.1) is 6.92 Å². The molecule has 1 saturated heterocycles. The summed E-state index contributed by atoms with van der Waals surface area (Å²) >= 11 is 0. The lowest BCUT2D eigenvalue weighted by atomic mass is 10.1. The SMILES string of the molecule is Cc1cc(Nc2nc(Nc3ccccc3S(=O)(=O)C(C)C)c3nc[nH]c3n2)c(OC(C)C)cc1N1CCN(C)CC1. The molecule has 0 bridgehead atoms. The fraction of sp³-hybridized carbons (Fsp3) is 0.414. The molecule has 0 radical (unpaired) electrons. The summed E-state index contributed by atoms with van der Waals surface area (Å²) in [4.78, 5) is 21.7. The van der Waals surface area contributed by atoms with E-state index in [1.807, 2.05) is 13.8 Å². The Bertz CT molecular complexity index is 1640. The van der Waals surface area contributed by atoms with Crippen LogP contribution in [-0.4, -0.2) is 77.8 Å². The van der Waals surface area contributed by atoms with Gasteiger partial charge in [-0.15, -0.1) is 0 Å². The highest BCUT2D eigenvalue weighted by molar-refractivity contribution is 7.92. The van der Waals surface area contributed by atoms with E-state index in [0.717, 1.165) is 43.1 Å². The van der Waals surface area contributed by atoms with Gasteiger partial charge in [-0.25, -0.2) is 13.4 Å². The first-order chi connectivity index (χ1) is 19.5. The molecule has 2 aromatic heterocycles. The van der Waals surface area contributed by atoms with Crippen molar-refractivity contribution in [1.82, 2.24) is 24.8 Å². The molecule has 2 aromatic carbocycles. The van der Waals surface area contributed by atoms with Crippen LogP contribution in [0.15, 0.2) is 47.6 Å². The van der Waals surface area contributed by atoms with Crippen molar-refractivity contribution in [1.29, 1.82) is 0 Å². The second kappa shape index (κ2) is 11.5. The van der Waals surface area contributed by atoms with Crippen LogP contribution in [0.5, 0.6) is 5.75 Å². The van der Waals surface area contributed by atoms with Crippen molar-refractivity contribution >= 4 is 49.8 Å². The Morgan fingerprint density at radius 2 is 1.71 bits per heavy atom. The molecule has 5 rings (SSSR count). The van der Waals surface area contributed by atoms with Crippen LogP contribution < -0.4 is 20.3 Å². The summed E-state index contributed by atoms with van der Waals surface area (Å²) in [6, 6.07) is 11.0. The van der Waals surface area contributed by atoms with E-state index in [4.69, 9.17) is 9.72 Å². The number of fused-ring (bicyclic) bond motifs is 1. The number of para-hydroxylation sites is 1. The summed E-state index contributed by atoms with van der Waals surface area (Å²) in [5, 5.41) is 5.98. The normalized spacial score (nSPS) is 14.7. The maximum absolute atomic E-state index is 13.1. The number of benzene rings is 2. The first-order valence-electron chi connectivity index (χ1n) is 13.9. The molecule has 218 valence electrons. The largest absolute Gasteiger partial charge is 0.489 e. The predicted octanol–water partition coefficient (Wildman–Crippen LogP) is 4.87. The molecule has 41 heavy (non-hydrogen) atoms. The van der Waals surface area contributed by atoms with Crippen molar-refractivity contribution < 1.29 is 13.2 Å². The maximum atomic E-state index is 13.1. The van der Waals surface area contributed by atoms with Gasteiger partial charge in [-0.2, -0.15) is 9.97 Å². The summed E-state index contributed by atoms with van der Waals surface area (Å²) in [5.74, 6) is 1.40. The Balaban J connectivity index is 1.52. The van der Waals surface area contributed by atoms with Crippen LogP contribution in [0.25, 0.3) is 11.2 Å². The van der Waals surface area contributed by atoms with Gasteiger partial charge in [0.1, 0.15) is 5.75 Å². The lowest BCUT2D eigenvalue weighted by molar-refractivity contribution is 0.243. The summed E-state index contributed by atoms with van der Waals surface area (Å²) in [5.41, 5.74) is 4.42. The van der Waals surface area contributed by atoms with Gasteiger partial charge in [0.05, 0.1) is 34.0 Å². The minimum Gasteiger partial charge on any atom is -0.489 e. The maximum Gasteiger partial charge on any atom is 0.231 e. The van der Waals surface area contributed by atoms with E-state index < -0.39 is 15.1 Å². The smallest absolute Gasteiger partial charge is 0.231 e. The lowest BCUT2D eigenvalue weighted by Gasteiger charge is -2.35. The number of piperazine rings is 1. The molecule has 4 aromatic rings. The van der Waals surface area contributed by atoms with Crippen LogP contribution in [0.4, 0.5) is 28.8 Å². The van der Waals surface area contributed by atoms with Gasteiger partial charge in [0.15, 0.2) is 26.8 Å². The predicted molar refractivity (Wildman–Crippen MR) is 164 cm³/mol. The Hall–Kier alpha value is -3.90. The Morgan fingerprint density at radius 1 is 0.976 bits per heavy atom. The summed E-state index contributed by atoms with van der Waals surface area (Å²) in [6.07, 6.45) is 1.50. The molecule has 0 amide bonds. The third kappa shape index (κ3) is 6.08. The number of anilines is 5. The van der Waals surface area contributed by atoms with Crippen molar-refractivity contribution in [2.75, 3.05) is 48.8 Å². The minimum atomic E-state index is -3.54. The first kappa shape index (κ1) is 28.6. The number of rotatable bonds is 9. The lowest BCUT2D eigenvalue weighted by Crippen LogP contribution is -2.44. The van der Waals surface area contributed by atoms with Gasteiger partial charge in [-0.1, -0.05) is 12.1 Å². The van der Waals surface area contributed by atoms with Crippen LogP contribution >= 0.6 is 0 Å². The molecule has 0 atom stereocenters. The van der Waals surface area contributed by atoms with Gasteiger partial charge in [0, 0.05) is 37.9 Å². The first-order valence-corrected chi connectivity index (χ1v) is 15.4. The van der Waals surface area contributed by atoms with Gasteiger partial charge >= 0.3 is 0 Å². The molecular weight excluding hydrogens is 540 g/mol. The monoisotopic (exact) mass is 578 g/mol. The van der Waals surface area contributed by atoms with E-state index >= 15 is 0 Å². The van der Waals surface area contributed by atoms with E-state index in [1.165, 1.54) is 6.33 Å². The van der Waals surface area contributed by atoms with Crippen LogP contribution in [-0.2, 0) is 9.84 Å². The topological polar surface area (TPSA) is 128 Å². The van der Waals surface area contributed by atoms with Gasteiger partial charge in [0.25, 0.3) is 0 Å². The number of aromatic nitrogens is 4. The van der Waals surface area contributed by atoms with E-state index in [1.54, 1.807) is 38.1 Å². The number of H-pyrrole nitrogens is 1. The summed E-state index contributed by atoms with van der Waals surface area (Å²) in [7, 11) is -1.39.